The molecule has 0 saturated carbocycles. The first-order valence-corrected chi connectivity index (χ1v) is 9.44. The number of aromatic nitrogens is 2. The van der Waals surface area contributed by atoms with Crippen molar-refractivity contribution in [1.82, 2.24) is 15.3 Å². The maximum Gasteiger partial charge on any atom is 0.271 e. The van der Waals surface area contributed by atoms with Gasteiger partial charge in [-0.2, -0.15) is 0 Å². The van der Waals surface area contributed by atoms with Gasteiger partial charge in [-0.25, -0.2) is 14.4 Å². The minimum Gasteiger partial charge on any atom is -0.382 e. The molecule has 0 aliphatic carbocycles. The van der Waals surface area contributed by atoms with Gasteiger partial charge in [-0.05, 0) is 42.7 Å². The number of nitrogens with zero attached hydrogens (tertiary/aromatic N) is 2. The second-order valence-electron chi connectivity index (χ2n) is 6.54. The summed E-state index contributed by atoms with van der Waals surface area (Å²) >= 11 is 5.98. The number of halogens is 2. The Balaban J connectivity index is 1.65. The molecule has 3 rings (SSSR count). The number of aryl methyl sites for hydroxylation is 2. The number of hydrogen-bond acceptors (Lipinski definition) is 5. The lowest BCUT2D eigenvalue weighted by Crippen LogP contribution is -2.23. The molecule has 0 aliphatic rings. The van der Waals surface area contributed by atoms with Crippen LogP contribution in [0.2, 0.25) is 5.02 Å². The Morgan fingerprint density at radius 1 is 1.13 bits per heavy atom. The molecule has 30 heavy (non-hydrogen) atoms. The van der Waals surface area contributed by atoms with Gasteiger partial charge in [0.25, 0.3) is 11.8 Å². The van der Waals surface area contributed by atoms with E-state index < -0.39 is 11.7 Å². The molecule has 154 valence electrons. The molecule has 2 aromatic carbocycles. The number of nitrogens with one attached hydrogen (secondary N) is 1. The number of nitrogens with two attached hydrogens (primary N) is 2. The molecule has 0 radical (unpaired) electrons. The van der Waals surface area contributed by atoms with Gasteiger partial charge >= 0.3 is 0 Å². The highest BCUT2D eigenvalue weighted by Crippen LogP contribution is 2.19. The zero-order chi connectivity index (χ0) is 21.7. The molecule has 0 saturated heterocycles. The molecule has 5 N–H and O–H groups in total. The van der Waals surface area contributed by atoms with Gasteiger partial charge in [0, 0.05) is 22.7 Å². The van der Waals surface area contributed by atoms with Gasteiger partial charge in [-0.15, -0.1) is 0 Å². The SMILES string of the molecule is NC(=O)c1nc(CCc2cccc(C(=O)NCc3c(F)cccc3Cl)c2)cnc1N. The van der Waals surface area contributed by atoms with Crippen LogP contribution < -0.4 is 16.8 Å². The van der Waals surface area contributed by atoms with Crippen molar-refractivity contribution in [2.24, 2.45) is 5.73 Å². The van der Waals surface area contributed by atoms with E-state index in [0.29, 0.717) is 24.1 Å². The van der Waals surface area contributed by atoms with E-state index >= 15 is 0 Å². The highest BCUT2D eigenvalue weighted by atomic mass is 35.5. The maximum absolute atomic E-state index is 13.8. The van der Waals surface area contributed by atoms with Crippen LogP contribution in [0.1, 0.15) is 37.7 Å². The Bertz CT molecular complexity index is 1090. The fourth-order valence-corrected chi connectivity index (χ4v) is 3.08. The molecule has 0 fully saturated rings. The smallest absolute Gasteiger partial charge is 0.271 e. The Morgan fingerprint density at radius 3 is 2.63 bits per heavy atom. The van der Waals surface area contributed by atoms with Crippen LogP contribution in [0.5, 0.6) is 0 Å². The Morgan fingerprint density at radius 2 is 1.90 bits per heavy atom. The second-order valence-corrected chi connectivity index (χ2v) is 6.95. The molecular formula is C21H19ClFN5O2. The van der Waals surface area contributed by atoms with E-state index in [-0.39, 0.29) is 34.5 Å². The zero-order valence-electron chi connectivity index (χ0n) is 15.9. The van der Waals surface area contributed by atoms with Crippen molar-refractivity contribution < 1.29 is 14.0 Å². The summed E-state index contributed by atoms with van der Waals surface area (Å²) in [5, 5.41) is 2.93. The molecule has 0 bridgehead atoms. The van der Waals surface area contributed by atoms with E-state index in [4.69, 9.17) is 23.1 Å². The summed E-state index contributed by atoms with van der Waals surface area (Å²) in [5.74, 6) is -1.58. The van der Waals surface area contributed by atoms with Crippen molar-refractivity contribution in [2.45, 2.75) is 19.4 Å². The summed E-state index contributed by atoms with van der Waals surface area (Å²) in [6.07, 6.45) is 2.51. The van der Waals surface area contributed by atoms with Gasteiger partial charge in [-0.1, -0.05) is 29.8 Å². The molecule has 1 heterocycles. The lowest BCUT2D eigenvalue weighted by Gasteiger charge is -2.09. The quantitative estimate of drug-likeness (QED) is 0.534. The van der Waals surface area contributed by atoms with Crippen LogP contribution in [0, 0.1) is 5.82 Å². The highest BCUT2D eigenvalue weighted by Gasteiger charge is 2.12. The fraction of sp³-hybridized carbons (Fsp3) is 0.143. The predicted octanol–water partition coefficient (Wildman–Crippen LogP) is 2.67. The monoisotopic (exact) mass is 427 g/mol. The van der Waals surface area contributed by atoms with E-state index in [1.165, 1.54) is 18.3 Å². The Labute approximate surface area is 177 Å². The van der Waals surface area contributed by atoms with Crippen molar-refractivity contribution in [3.63, 3.8) is 0 Å². The third-order valence-corrected chi connectivity index (χ3v) is 4.78. The highest BCUT2D eigenvalue weighted by molar-refractivity contribution is 6.31. The number of carbonyl (C=O) groups is 2. The summed E-state index contributed by atoms with van der Waals surface area (Å²) in [4.78, 5) is 31.9. The largest absolute Gasteiger partial charge is 0.382 e. The van der Waals surface area contributed by atoms with Crippen LogP contribution in [0.15, 0.2) is 48.7 Å². The van der Waals surface area contributed by atoms with E-state index in [9.17, 15) is 14.0 Å². The third-order valence-electron chi connectivity index (χ3n) is 4.43. The number of hydrogen-bond donors (Lipinski definition) is 3. The summed E-state index contributed by atoms with van der Waals surface area (Å²) in [5.41, 5.74) is 12.9. The fourth-order valence-electron chi connectivity index (χ4n) is 2.85. The number of amides is 2. The number of benzene rings is 2. The molecule has 0 spiro atoms. The number of primary amides is 1. The molecular weight excluding hydrogens is 409 g/mol. The first-order valence-electron chi connectivity index (χ1n) is 9.06. The maximum atomic E-state index is 13.8. The van der Waals surface area contributed by atoms with E-state index in [1.807, 2.05) is 6.07 Å². The van der Waals surface area contributed by atoms with Gasteiger partial charge in [0.05, 0.1) is 11.9 Å². The average molecular weight is 428 g/mol. The van der Waals surface area contributed by atoms with E-state index in [1.54, 1.807) is 24.3 Å². The molecule has 1 aromatic heterocycles. The number of nitrogen functional groups attached to an aromatic ring is 1. The summed E-state index contributed by atoms with van der Waals surface area (Å²) in [6.45, 7) is -0.0223. The van der Waals surface area contributed by atoms with Crippen molar-refractivity contribution in [3.8, 4) is 0 Å². The first-order chi connectivity index (χ1) is 14.3. The molecule has 2 amide bonds. The molecule has 3 aromatic rings. The predicted molar refractivity (Wildman–Crippen MR) is 111 cm³/mol. The van der Waals surface area contributed by atoms with Crippen LogP contribution in [-0.2, 0) is 19.4 Å². The molecule has 7 nitrogen and oxygen atoms in total. The van der Waals surface area contributed by atoms with Crippen molar-refractivity contribution in [2.75, 3.05) is 5.73 Å². The zero-order valence-corrected chi connectivity index (χ0v) is 16.6. The lowest BCUT2D eigenvalue weighted by molar-refractivity contribution is 0.0949. The number of anilines is 1. The first kappa shape index (κ1) is 21.2. The van der Waals surface area contributed by atoms with Gasteiger partial charge in [0.15, 0.2) is 11.5 Å². The number of carbonyl (C=O) groups excluding carboxylic acids is 2. The average Bonchev–Trinajstić information content (AvgIpc) is 2.72. The summed E-state index contributed by atoms with van der Waals surface area (Å²) in [7, 11) is 0. The standard InChI is InChI=1S/C21H19ClFN5O2/c22-16-5-2-6-17(23)15(16)11-27-21(30)13-4-1-3-12(9-13)7-8-14-10-26-19(24)18(28-14)20(25)29/h1-6,9-10H,7-8,11H2,(H2,24,26)(H2,25,29)(H,27,30). The molecule has 0 unspecified atom stereocenters. The Hall–Kier alpha value is -3.52. The summed E-state index contributed by atoms with van der Waals surface area (Å²) < 4.78 is 13.8. The van der Waals surface area contributed by atoms with Gasteiger partial charge < -0.3 is 16.8 Å². The summed E-state index contributed by atoms with van der Waals surface area (Å²) in [6, 6.07) is 11.4. The van der Waals surface area contributed by atoms with Gasteiger partial charge in [0.1, 0.15) is 5.82 Å². The topological polar surface area (TPSA) is 124 Å². The van der Waals surface area contributed by atoms with Crippen molar-refractivity contribution >= 4 is 29.2 Å². The van der Waals surface area contributed by atoms with Crippen LogP contribution in [0.25, 0.3) is 0 Å². The van der Waals surface area contributed by atoms with Crippen LogP contribution >= 0.6 is 11.6 Å². The number of rotatable bonds is 7. The van der Waals surface area contributed by atoms with Crippen molar-refractivity contribution in [1.29, 1.82) is 0 Å². The van der Waals surface area contributed by atoms with Gasteiger partial charge in [-0.3, -0.25) is 9.59 Å². The van der Waals surface area contributed by atoms with E-state index in [0.717, 1.165) is 5.56 Å². The molecule has 9 heteroatoms. The van der Waals surface area contributed by atoms with Crippen LogP contribution in [0.3, 0.4) is 0 Å². The third kappa shape index (κ3) is 5.09. The molecule has 0 atom stereocenters. The molecule has 0 aliphatic heterocycles. The van der Waals surface area contributed by atoms with Crippen LogP contribution in [-0.4, -0.2) is 21.8 Å². The minimum atomic E-state index is -0.740. The normalized spacial score (nSPS) is 10.6. The lowest BCUT2D eigenvalue weighted by atomic mass is 10.0. The van der Waals surface area contributed by atoms with Crippen LogP contribution in [0.4, 0.5) is 10.2 Å². The second kappa shape index (κ2) is 9.32. The van der Waals surface area contributed by atoms with E-state index in [2.05, 4.69) is 15.3 Å². The minimum absolute atomic E-state index is 0.0140. The Kier molecular flexibility index (Phi) is 6.58. The van der Waals surface area contributed by atoms with Crippen molar-refractivity contribution in [3.05, 3.63) is 87.6 Å². The van der Waals surface area contributed by atoms with Gasteiger partial charge in [0.2, 0.25) is 0 Å².